The molecule has 7 rings (SSSR count). The Labute approximate surface area is 759 Å². The number of unbranched alkanes of at least 4 members (excludes halogenated alkanes) is 6. The minimum Gasteiger partial charge on any atom is -0.497 e. The zero-order chi connectivity index (χ0) is 93.2. The van der Waals surface area contributed by atoms with Crippen molar-refractivity contribution >= 4 is 41.8 Å². The summed E-state index contributed by atoms with van der Waals surface area (Å²) in [4.78, 5) is 82.6. The number of ether oxygens (including phenoxy) is 8. The molecule has 6 unspecified atom stereocenters. The van der Waals surface area contributed by atoms with E-state index < -0.39 is 23.9 Å². The van der Waals surface area contributed by atoms with Gasteiger partial charge in [0.1, 0.15) is 57.4 Å². The second-order valence-corrected chi connectivity index (χ2v) is 33.4. The fourth-order valence-corrected chi connectivity index (χ4v) is 17.1. The number of hydrogen-bond donors (Lipinski definition) is 0. The number of benzene rings is 2. The molecule has 126 heavy (non-hydrogen) atoms. The SMILES string of the molecule is C.C#C/C(C(=O)OCC)=C(\C)CCC1=C(C)CCCC1(C)C.C#C/C(C(=O)OCC)=C1\CCC(CC(=O)OC)C1CCCCC.C#C/C(C(=O)OCC)=C1\CCCC1CC(C)C1CC=C(C)CC1.CCCCCCCC1CCC/C1=C(/C#N)C(=O)OCC.CCOC(=O)/C(C#N)=C(\C)CCc1ccc(OC)cc1.CCOC(=O)/C(C#N)=C(\C)CCc1ccccc1. The summed E-state index contributed by atoms with van der Waals surface area (Å²) >= 11 is 0. The molecule has 5 aliphatic carbocycles. The molecule has 0 N–H and O–H groups in total. The van der Waals surface area contributed by atoms with Crippen molar-refractivity contribution in [3.8, 4) is 61.0 Å². The average Bonchev–Trinajstić information content (AvgIpc) is 1.77. The summed E-state index contributed by atoms with van der Waals surface area (Å²) in [5.41, 5.74) is 14.7. The van der Waals surface area contributed by atoms with Gasteiger partial charge in [-0.15, -0.1) is 19.3 Å². The topological polar surface area (TPSA) is 265 Å². The molecule has 0 heterocycles. The highest BCUT2D eigenvalue weighted by Gasteiger charge is 2.37. The zero-order valence-corrected chi connectivity index (χ0v) is 79.3. The van der Waals surface area contributed by atoms with Crippen molar-refractivity contribution in [1.29, 1.82) is 15.8 Å². The second-order valence-electron chi connectivity index (χ2n) is 33.4. The standard InChI is InChI=1S/C21H30O2.C19H28O4.C19H28O2.C17H27NO2.C16H19NO3.C15H17NO2.CH4/c1-5-19(21(22)23-6-2)20-9-7-8-18(20)14-16(4)17-12-10-15(3)11-13-17;1-5-8-9-10-16-14(13-18(20)22-4)11-12-17(16)15(6-2)19(21)23-7-3;1-7-16(18(20)21-8-2)14(3)11-12-17-15(4)10-9-13-19(17,5)6;1-3-5-6-7-8-10-14-11-9-12-15(14)16(13-18)17(19)20-4-2;1-4-20-16(18)15(11-17)12(2)5-6-13-7-9-14(19-3)10-8-13;1-3-18-15(17)14(11-16)12(2)9-10-13-7-5-4-6-8-13;/h1,10,16-18H,6-9,11-14H2,2-4H3;2,14,16H,5,7-13H2,1,3-4H3;1H,8-13H2,2-6H3;14H,3-12H2,1-2H3;7-10H,4-6H2,1-3H3;4-8H,3,9-10H2,1-2H3;1H4/b20-19-;17-15-;16-14-;16-15+;15-12+;14-12+;. The fraction of sp³-hybridized carbons (Fsp3) is 0.593. The fourth-order valence-electron chi connectivity index (χ4n) is 17.1. The number of carbonyl (C=O) groups excluding carboxylic acids is 7. The van der Waals surface area contributed by atoms with E-state index in [1.165, 1.54) is 106 Å². The van der Waals surface area contributed by atoms with Crippen LogP contribution >= 0.6 is 0 Å². The first-order valence-electron chi connectivity index (χ1n) is 46.0. The molecule has 0 bridgehead atoms. The summed E-state index contributed by atoms with van der Waals surface area (Å²) in [6.07, 6.45) is 52.5. The van der Waals surface area contributed by atoms with Crippen LogP contribution < -0.4 is 4.74 Å². The highest BCUT2D eigenvalue weighted by Crippen LogP contribution is 2.46. The molecule has 0 spiro atoms. The summed E-state index contributed by atoms with van der Waals surface area (Å²) in [5, 5.41) is 27.2. The predicted octanol–water partition coefficient (Wildman–Crippen LogP) is 24.7. The number of carbonyl (C=O) groups is 7. The Balaban J connectivity index is 0.000000756. The number of terminal acetylenes is 3. The van der Waals surface area contributed by atoms with Gasteiger partial charge in [-0.1, -0.05) is 176 Å². The van der Waals surface area contributed by atoms with Crippen molar-refractivity contribution in [2.24, 2.45) is 40.9 Å². The van der Waals surface area contributed by atoms with Crippen LogP contribution in [0.2, 0.25) is 0 Å². The molecule has 0 saturated heterocycles. The lowest BCUT2D eigenvalue weighted by Crippen LogP contribution is -2.20. The molecule has 2 aromatic rings. The van der Waals surface area contributed by atoms with Gasteiger partial charge in [0.15, 0.2) is 0 Å². The van der Waals surface area contributed by atoms with Gasteiger partial charge in [0.2, 0.25) is 0 Å². The summed E-state index contributed by atoms with van der Waals surface area (Å²) in [6.45, 7) is 33.9. The maximum atomic E-state index is 12.1. The Morgan fingerprint density at radius 3 is 1.42 bits per heavy atom. The van der Waals surface area contributed by atoms with Gasteiger partial charge in [-0.3, -0.25) is 4.79 Å². The van der Waals surface area contributed by atoms with Gasteiger partial charge in [-0.05, 0) is 321 Å². The largest absolute Gasteiger partial charge is 0.497 e. The third-order valence-corrected chi connectivity index (χ3v) is 24.3. The third-order valence-electron chi connectivity index (χ3n) is 24.3. The lowest BCUT2D eigenvalue weighted by atomic mass is 9.71. The first-order chi connectivity index (χ1) is 60.0. The minimum absolute atomic E-state index is 0. The van der Waals surface area contributed by atoms with Crippen molar-refractivity contribution in [2.75, 3.05) is 53.9 Å². The van der Waals surface area contributed by atoms with E-state index in [0.717, 1.165) is 161 Å². The number of methoxy groups -OCH3 is 2. The van der Waals surface area contributed by atoms with Crippen LogP contribution in [0.4, 0.5) is 0 Å². The molecular weight excluding hydrogens is 1580 g/mol. The van der Waals surface area contributed by atoms with Gasteiger partial charge < -0.3 is 37.9 Å². The number of hydrogen-bond acceptors (Lipinski definition) is 18. The van der Waals surface area contributed by atoms with Crippen LogP contribution in [0.15, 0.2) is 144 Å². The van der Waals surface area contributed by atoms with Crippen molar-refractivity contribution in [2.45, 2.75) is 324 Å². The Kier molecular flexibility index (Phi) is 58.8. The number of allylic oxidation sites excluding steroid dienone is 10. The number of esters is 7. The number of rotatable bonds is 37. The third kappa shape index (κ3) is 40.5. The van der Waals surface area contributed by atoms with Crippen molar-refractivity contribution < 1.29 is 71.5 Å². The molecule has 690 valence electrons. The zero-order valence-electron chi connectivity index (χ0n) is 79.3. The lowest BCUT2D eigenvalue weighted by Gasteiger charge is -2.35. The van der Waals surface area contributed by atoms with E-state index >= 15 is 0 Å². The van der Waals surface area contributed by atoms with Gasteiger partial charge in [-0.25, -0.2) is 28.8 Å². The van der Waals surface area contributed by atoms with Crippen LogP contribution in [0, 0.1) is 112 Å². The van der Waals surface area contributed by atoms with E-state index in [1.807, 2.05) is 80.6 Å². The van der Waals surface area contributed by atoms with Crippen LogP contribution in [-0.4, -0.2) is 95.6 Å². The highest BCUT2D eigenvalue weighted by molar-refractivity contribution is 5.97. The summed E-state index contributed by atoms with van der Waals surface area (Å²) in [6, 6.07) is 23.6. The molecule has 0 aromatic heterocycles. The van der Waals surface area contributed by atoms with E-state index in [0.29, 0.717) is 80.2 Å². The molecule has 18 nitrogen and oxygen atoms in total. The normalized spacial score (nSPS) is 19.0. The van der Waals surface area contributed by atoms with E-state index in [-0.39, 0.29) is 72.5 Å². The van der Waals surface area contributed by atoms with E-state index in [4.69, 9.17) is 67.7 Å². The Morgan fingerprint density at radius 2 is 0.952 bits per heavy atom. The smallest absolute Gasteiger partial charge is 0.348 e. The van der Waals surface area contributed by atoms with Crippen LogP contribution in [0.5, 0.6) is 5.75 Å². The highest BCUT2D eigenvalue weighted by atomic mass is 16.6. The number of nitrogens with zero attached hydrogens (tertiary/aromatic N) is 3. The molecule has 3 saturated carbocycles. The maximum absolute atomic E-state index is 12.1. The van der Waals surface area contributed by atoms with E-state index in [1.54, 1.807) is 55.6 Å². The van der Waals surface area contributed by atoms with Gasteiger partial charge in [0.25, 0.3) is 0 Å². The molecule has 0 amide bonds. The molecule has 6 atom stereocenters. The quantitative estimate of drug-likeness (QED) is 0.0116. The van der Waals surface area contributed by atoms with Crippen LogP contribution in [0.25, 0.3) is 0 Å². The Morgan fingerprint density at radius 1 is 0.492 bits per heavy atom. The molecule has 0 radical (unpaired) electrons. The maximum Gasteiger partial charge on any atom is 0.348 e. The first kappa shape index (κ1) is 114. The molecule has 5 aliphatic rings. The van der Waals surface area contributed by atoms with Crippen LogP contribution in [0.1, 0.15) is 322 Å². The average molecular weight is 1730 g/mol. The molecule has 18 heteroatoms. The Hall–Kier alpha value is -10.4. The van der Waals surface area contributed by atoms with Gasteiger partial charge in [-0.2, -0.15) is 15.8 Å². The second kappa shape index (κ2) is 65.2. The molecule has 2 aromatic carbocycles. The summed E-state index contributed by atoms with van der Waals surface area (Å²) in [5.74, 6) is 8.39. The molecule has 0 aliphatic heterocycles. The van der Waals surface area contributed by atoms with Gasteiger partial charge >= 0.3 is 41.8 Å². The Bertz CT molecular complexity index is 4300. The minimum atomic E-state index is -0.540. The van der Waals surface area contributed by atoms with E-state index in [9.17, 15) is 38.8 Å². The first-order valence-corrected chi connectivity index (χ1v) is 46.0. The number of aryl methyl sites for hydroxylation is 2. The molecule has 3 fully saturated rings. The van der Waals surface area contributed by atoms with Crippen molar-refractivity contribution in [3.05, 3.63) is 155 Å². The monoisotopic (exact) mass is 1730 g/mol. The van der Waals surface area contributed by atoms with Crippen molar-refractivity contribution in [3.63, 3.8) is 0 Å². The van der Waals surface area contributed by atoms with Crippen LogP contribution in [0.3, 0.4) is 0 Å². The lowest BCUT2D eigenvalue weighted by molar-refractivity contribution is -0.142. The summed E-state index contributed by atoms with van der Waals surface area (Å²) < 4.78 is 39.9. The molecular formula is C108H153N3O15. The summed E-state index contributed by atoms with van der Waals surface area (Å²) in [7, 11) is 3.03. The van der Waals surface area contributed by atoms with E-state index in [2.05, 4.69) is 78.4 Å². The van der Waals surface area contributed by atoms with Gasteiger partial charge in [0.05, 0.1) is 53.9 Å². The number of nitriles is 3. The van der Waals surface area contributed by atoms with Crippen LogP contribution in [-0.2, 0) is 79.6 Å². The van der Waals surface area contributed by atoms with Gasteiger partial charge in [0, 0.05) is 6.42 Å². The predicted molar refractivity (Wildman–Crippen MR) is 505 cm³/mol. The van der Waals surface area contributed by atoms with Crippen molar-refractivity contribution in [1.82, 2.24) is 0 Å².